The van der Waals surface area contributed by atoms with Crippen molar-refractivity contribution in [1.29, 1.82) is 0 Å². The number of hydrogen-bond donors (Lipinski definition) is 1. The van der Waals surface area contributed by atoms with Crippen molar-refractivity contribution in [2.75, 3.05) is 7.05 Å². The summed E-state index contributed by atoms with van der Waals surface area (Å²) in [5, 5.41) is 7.78. The molecule has 1 aliphatic carbocycles. The highest BCUT2D eigenvalue weighted by Gasteiger charge is 2.29. The number of aromatic amines is 1. The van der Waals surface area contributed by atoms with Crippen LogP contribution in [0.4, 0.5) is 0 Å². The Hall–Kier alpha value is -2.59. The number of H-pyrrole nitrogens is 1. The molecule has 0 radical (unpaired) electrons. The van der Waals surface area contributed by atoms with E-state index in [9.17, 15) is 4.79 Å². The molecule has 0 saturated heterocycles. The van der Waals surface area contributed by atoms with Gasteiger partial charge in [0.2, 0.25) is 0 Å². The summed E-state index contributed by atoms with van der Waals surface area (Å²) in [4.78, 5) is 14.7. The van der Waals surface area contributed by atoms with Crippen molar-refractivity contribution >= 4 is 17.5 Å². The van der Waals surface area contributed by atoms with Crippen LogP contribution in [0.15, 0.2) is 54.6 Å². The normalized spacial score (nSPS) is 15.8. The molecule has 3 aromatic rings. The minimum atomic E-state index is -0.0533. The number of carbonyl (C=O) groups excluding carboxylic acids is 1. The van der Waals surface area contributed by atoms with Crippen LogP contribution in [0.3, 0.4) is 0 Å². The van der Waals surface area contributed by atoms with Crippen LogP contribution in [-0.2, 0) is 6.42 Å². The van der Waals surface area contributed by atoms with Gasteiger partial charge in [0.15, 0.2) is 0 Å². The maximum Gasteiger partial charge on any atom is 0.272 e. The first-order valence-corrected chi connectivity index (χ1v) is 8.67. The van der Waals surface area contributed by atoms with Crippen LogP contribution in [0.5, 0.6) is 0 Å². The molecule has 2 aromatic carbocycles. The Morgan fingerprint density at radius 1 is 1.20 bits per heavy atom. The molecule has 1 N–H and O–H groups in total. The smallest absolute Gasteiger partial charge is 0.272 e. The Labute approximate surface area is 151 Å². The molecule has 0 spiro atoms. The van der Waals surface area contributed by atoms with Crippen LogP contribution in [-0.4, -0.2) is 28.1 Å². The van der Waals surface area contributed by atoms with Gasteiger partial charge in [-0.15, -0.1) is 0 Å². The van der Waals surface area contributed by atoms with E-state index in [0.717, 1.165) is 18.4 Å². The molecule has 1 amide bonds. The Morgan fingerprint density at radius 2 is 2.04 bits per heavy atom. The summed E-state index contributed by atoms with van der Waals surface area (Å²) in [7, 11) is 1.86. The number of fused-ring (bicyclic) bond motifs is 1. The topological polar surface area (TPSA) is 49.0 Å². The molecule has 0 saturated carbocycles. The molecule has 1 atom stereocenters. The standard InChI is InChI=1S/C20H18ClN3O/c1-24(19-10-9-13-5-2-3-8-16(13)19)20(25)18-12-17(22-23-18)14-6-4-7-15(21)11-14/h2-8,11-12,19H,9-10H2,1H3,(H,22,23). The van der Waals surface area contributed by atoms with E-state index in [4.69, 9.17) is 11.6 Å². The second-order valence-corrected chi connectivity index (χ2v) is 6.78. The molecule has 25 heavy (non-hydrogen) atoms. The lowest BCUT2D eigenvalue weighted by molar-refractivity contribution is 0.0724. The maximum atomic E-state index is 12.9. The first kappa shape index (κ1) is 15.9. The zero-order valence-electron chi connectivity index (χ0n) is 13.9. The van der Waals surface area contributed by atoms with E-state index in [0.29, 0.717) is 16.4 Å². The van der Waals surface area contributed by atoms with Gasteiger partial charge in [-0.25, -0.2) is 0 Å². The highest BCUT2D eigenvalue weighted by molar-refractivity contribution is 6.30. The summed E-state index contributed by atoms with van der Waals surface area (Å²) in [6.07, 6.45) is 1.96. The van der Waals surface area contributed by atoms with Crippen LogP contribution in [0, 0.1) is 0 Å². The molecule has 1 aliphatic rings. The van der Waals surface area contributed by atoms with Crippen LogP contribution >= 0.6 is 11.6 Å². The van der Waals surface area contributed by atoms with Gasteiger partial charge < -0.3 is 4.90 Å². The van der Waals surface area contributed by atoms with E-state index in [-0.39, 0.29) is 11.9 Å². The molecule has 0 bridgehead atoms. The van der Waals surface area contributed by atoms with Gasteiger partial charge in [-0.1, -0.05) is 48.0 Å². The second-order valence-electron chi connectivity index (χ2n) is 6.35. The van der Waals surface area contributed by atoms with E-state index in [1.165, 1.54) is 11.1 Å². The molecule has 0 fully saturated rings. The largest absolute Gasteiger partial charge is 0.333 e. The molecule has 5 heteroatoms. The van der Waals surface area contributed by atoms with Gasteiger partial charge in [0, 0.05) is 17.6 Å². The van der Waals surface area contributed by atoms with Crippen LogP contribution in [0.2, 0.25) is 5.02 Å². The Balaban J connectivity index is 1.58. The lowest BCUT2D eigenvalue weighted by Crippen LogP contribution is -2.30. The van der Waals surface area contributed by atoms with Gasteiger partial charge in [0.25, 0.3) is 5.91 Å². The summed E-state index contributed by atoms with van der Waals surface area (Å²) in [5.41, 5.74) is 4.66. The van der Waals surface area contributed by atoms with Crippen molar-refractivity contribution < 1.29 is 4.79 Å². The summed E-state index contributed by atoms with van der Waals surface area (Å²) >= 11 is 6.04. The molecular weight excluding hydrogens is 334 g/mol. The zero-order valence-corrected chi connectivity index (χ0v) is 14.6. The number of halogens is 1. The maximum absolute atomic E-state index is 12.9. The lowest BCUT2D eigenvalue weighted by Gasteiger charge is -2.24. The van der Waals surface area contributed by atoms with E-state index in [1.807, 2.05) is 37.4 Å². The van der Waals surface area contributed by atoms with Crippen molar-refractivity contribution in [3.05, 3.63) is 76.4 Å². The van der Waals surface area contributed by atoms with Gasteiger partial charge >= 0.3 is 0 Å². The number of aryl methyl sites for hydroxylation is 1. The van der Waals surface area contributed by atoms with Gasteiger partial charge in [-0.05, 0) is 42.2 Å². The molecule has 4 nitrogen and oxygen atoms in total. The van der Waals surface area contributed by atoms with Crippen LogP contribution < -0.4 is 0 Å². The van der Waals surface area contributed by atoms with E-state index in [2.05, 4.69) is 28.4 Å². The number of hydrogen-bond acceptors (Lipinski definition) is 2. The fraction of sp³-hybridized carbons (Fsp3) is 0.200. The number of carbonyl (C=O) groups is 1. The van der Waals surface area contributed by atoms with Crippen LogP contribution in [0.25, 0.3) is 11.3 Å². The van der Waals surface area contributed by atoms with E-state index < -0.39 is 0 Å². The molecule has 0 aliphatic heterocycles. The number of nitrogens with one attached hydrogen (secondary N) is 1. The van der Waals surface area contributed by atoms with Gasteiger partial charge in [0.05, 0.1) is 11.7 Å². The van der Waals surface area contributed by atoms with Gasteiger partial charge in [-0.2, -0.15) is 5.10 Å². The monoisotopic (exact) mass is 351 g/mol. The predicted octanol–water partition coefficient (Wildman–Crippen LogP) is 4.49. The second kappa shape index (κ2) is 6.37. The summed E-state index contributed by atoms with van der Waals surface area (Å²) < 4.78 is 0. The first-order valence-electron chi connectivity index (χ1n) is 8.30. The third-order valence-corrected chi connectivity index (χ3v) is 5.05. The number of aromatic nitrogens is 2. The zero-order chi connectivity index (χ0) is 17.4. The first-order chi connectivity index (χ1) is 12.1. The lowest BCUT2D eigenvalue weighted by atomic mass is 10.1. The van der Waals surface area contributed by atoms with Crippen molar-refractivity contribution in [3.8, 4) is 11.3 Å². The third-order valence-electron chi connectivity index (χ3n) is 4.82. The molecule has 126 valence electrons. The number of amides is 1. The number of benzene rings is 2. The summed E-state index contributed by atoms with van der Waals surface area (Å²) in [5.74, 6) is -0.0533. The van der Waals surface area contributed by atoms with Crippen molar-refractivity contribution in [2.45, 2.75) is 18.9 Å². The minimum Gasteiger partial charge on any atom is -0.333 e. The fourth-order valence-electron chi connectivity index (χ4n) is 3.50. The minimum absolute atomic E-state index is 0.0533. The van der Waals surface area contributed by atoms with Gasteiger partial charge in [-0.3, -0.25) is 9.89 Å². The number of rotatable bonds is 3. The highest BCUT2D eigenvalue weighted by Crippen LogP contribution is 2.35. The van der Waals surface area contributed by atoms with Crippen molar-refractivity contribution in [1.82, 2.24) is 15.1 Å². The molecule has 1 unspecified atom stereocenters. The van der Waals surface area contributed by atoms with Gasteiger partial charge in [0.1, 0.15) is 5.69 Å². The van der Waals surface area contributed by atoms with Crippen molar-refractivity contribution in [2.24, 2.45) is 0 Å². The van der Waals surface area contributed by atoms with Crippen LogP contribution in [0.1, 0.15) is 34.1 Å². The fourth-order valence-corrected chi connectivity index (χ4v) is 3.69. The molecule has 4 rings (SSSR count). The SMILES string of the molecule is CN(C(=O)c1cc(-c2cccc(Cl)c2)n[nH]1)C1CCc2ccccc21. The molecule has 1 aromatic heterocycles. The average Bonchev–Trinajstić information content (AvgIpc) is 3.28. The summed E-state index contributed by atoms with van der Waals surface area (Å²) in [6, 6.07) is 17.7. The number of nitrogens with zero attached hydrogens (tertiary/aromatic N) is 2. The quantitative estimate of drug-likeness (QED) is 0.755. The molecule has 1 heterocycles. The Bertz CT molecular complexity index is 934. The Kier molecular flexibility index (Phi) is 4.06. The Morgan fingerprint density at radius 3 is 2.88 bits per heavy atom. The molecular formula is C20H18ClN3O. The highest BCUT2D eigenvalue weighted by atomic mass is 35.5. The van der Waals surface area contributed by atoms with E-state index in [1.54, 1.807) is 11.0 Å². The van der Waals surface area contributed by atoms with Crippen molar-refractivity contribution in [3.63, 3.8) is 0 Å². The average molecular weight is 352 g/mol. The third kappa shape index (κ3) is 2.94. The predicted molar refractivity (Wildman–Crippen MR) is 98.6 cm³/mol. The summed E-state index contributed by atoms with van der Waals surface area (Å²) in [6.45, 7) is 0. The van der Waals surface area contributed by atoms with E-state index >= 15 is 0 Å².